The molecule has 0 fully saturated rings. The van der Waals surface area contributed by atoms with Gasteiger partial charge in [-0.05, 0) is 0 Å². The summed E-state index contributed by atoms with van der Waals surface area (Å²) in [6, 6.07) is 0. The number of rotatable bonds is 3. The Labute approximate surface area is 78.3 Å². The summed E-state index contributed by atoms with van der Waals surface area (Å²) in [5.74, 6) is -0.380. The summed E-state index contributed by atoms with van der Waals surface area (Å²) in [7, 11) is 1.32. The second kappa shape index (κ2) is 4.36. The maximum atomic E-state index is 10.9. The van der Waals surface area contributed by atoms with Crippen molar-refractivity contribution in [2.45, 2.75) is 31.1 Å². The van der Waals surface area contributed by atoms with Crippen molar-refractivity contribution >= 4 is 18.6 Å². The van der Waals surface area contributed by atoms with Gasteiger partial charge in [-0.2, -0.15) is 12.6 Å². The van der Waals surface area contributed by atoms with Crippen LogP contribution in [0.25, 0.3) is 4.85 Å². The Kier molecular flexibility index (Phi) is 4.11. The smallest absolute Gasteiger partial charge is 0.318 e. The standard InChI is InChI=1S/C8H13NO2S/c1-8(2,9-3)5-6(12)7(10)11-4/h6,12H,5H2,1-2,4H3. The fraction of sp³-hybridized carbons (Fsp3) is 0.750. The highest BCUT2D eigenvalue weighted by Gasteiger charge is 2.30. The van der Waals surface area contributed by atoms with E-state index >= 15 is 0 Å². The second-order valence-electron chi connectivity index (χ2n) is 3.17. The zero-order valence-electron chi connectivity index (χ0n) is 7.50. The molecule has 0 aliphatic carbocycles. The molecule has 12 heavy (non-hydrogen) atoms. The molecule has 0 rings (SSSR count). The van der Waals surface area contributed by atoms with Gasteiger partial charge in [0.05, 0.1) is 7.11 Å². The normalized spacial score (nSPS) is 13.2. The van der Waals surface area contributed by atoms with Gasteiger partial charge in [0, 0.05) is 20.3 Å². The number of carbonyl (C=O) groups is 1. The van der Waals surface area contributed by atoms with E-state index in [2.05, 4.69) is 22.2 Å². The average Bonchev–Trinajstić information content (AvgIpc) is 2.02. The fourth-order valence-corrected chi connectivity index (χ4v) is 1.29. The highest BCUT2D eigenvalue weighted by Crippen LogP contribution is 2.20. The average molecular weight is 187 g/mol. The van der Waals surface area contributed by atoms with Crippen molar-refractivity contribution in [1.29, 1.82) is 0 Å². The number of esters is 1. The Morgan fingerprint density at radius 2 is 2.25 bits per heavy atom. The maximum absolute atomic E-state index is 10.9. The zero-order valence-corrected chi connectivity index (χ0v) is 8.39. The monoisotopic (exact) mass is 187 g/mol. The summed E-state index contributed by atoms with van der Waals surface area (Å²) in [5, 5.41) is -0.501. The summed E-state index contributed by atoms with van der Waals surface area (Å²) < 4.78 is 4.48. The lowest BCUT2D eigenvalue weighted by atomic mass is 9.99. The van der Waals surface area contributed by atoms with Crippen LogP contribution in [0, 0.1) is 6.57 Å². The molecular formula is C8H13NO2S. The van der Waals surface area contributed by atoms with E-state index in [0.29, 0.717) is 6.42 Å². The molecule has 0 aliphatic heterocycles. The quantitative estimate of drug-likeness (QED) is 0.413. The lowest BCUT2D eigenvalue weighted by Gasteiger charge is -2.14. The van der Waals surface area contributed by atoms with Gasteiger partial charge in [0.15, 0.2) is 0 Å². The molecule has 4 heteroatoms. The van der Waals surface area contributed by atoms with Crippen LogP contribution in [0.5, 0.6) is 0 Å². The van der Waals surface area contributed by atoms with E-state index in [4.69, 9.17) is 6.57 Å². The van der Waals surface area contributed by atoms with E-state index in [1.807, 2.05) is 0 Å². The van der Waals surface area contributed by atoms with Gasteiger partial charge in [-0.3, -0.25) is 4.79 Å². The van der Waals surface area contributed by atoms with E-state index < -0.39 is 10.8 Å². The van der Waals surface area contributed by atoms with E-state index in [0.717, 1.165) is 0 Å². The van der Waals surface area contributed by atoms with Crippen LogP contribution in [0.15, 0.2) is 0 Å². The number of ether oxygens (including phenoxy) is 1. The minimum absolute atomic E-state index is 0.380. The number of nitrogens with zero attached hydrogens (tertiary/aromatic N) is 1. The molecule has 1 atom stereocenters. The van der Waals surface area contributed by atoms with Gasteiger partial charge < -0.3 is 9.58 Å². The van der Waals surface area contributed by atoms with Crippen molar-refractivity contribution in [3.8, 4) is 0 Å². The van der Waals surface area contributed by atoms with E-state index in [1.165, 1.54) is 7.11 Å². The number of hydrogen-bond acceptors (Lipinski definition) is 3. The van der Waals surface area contributed by atoms with Crippen LogP contribution in [0.3, 0.4) is 0 Å². The third-order valence-electron chi connectivity index (χ3n) is 1.47. The first-order chi connectivity index (χ1) is 5.43. The molecule has 0 saturated carbocycles. The first-order valence-corrected chi connectivity index (χ1v) is 4.09. The summed E-state index contributed by atoms with van der Waals surface area (Å²) in [6.45, 7) is 10.4. The molecule has 0 bridgehead atoms. The molecule has 3 nitrogen and oxygen atoms in total. The van der Waals surface area contributed by atoms with Gasteiger partial charge in [0.1, 0.15) is 5.25 Å². The van der Waals surface area contributed by atoms with Gasteiger partial charge >= 0.3 is 5.97 Å². The van der Waals surface area contributed by atoms with Crippen LogP contribution < -0.4 is 0 Å². The van der Waals surface area contributed by atoms with Gasteiger partial charge in [-0.15, -0.1) is 0 Å². The van der Waals surface area contributed by atoms with E-state index in [9.17, 15) is 4.79 Å². The Bertz CT molecular complexity index is 208. The maximum Gasteiger partial charge on any atom is 0.318 e. The van der Waals surface area contributed by atoms with Crippen molar-refractivity contribution < 1.29 is 9.53 Å². The highest BCUT2D eigenvalue weighted by atomic mass is 32.1. The molecule has 0 aromatic carbocycles. The Hall–Kier alpha value is -0.690. The number of methoxy groups -OCH3 is 1. The summed E-state index contributed by atoms with van der Waals surface area (Å²) in [4.78, 5) is 14.3. The van der Waals surface area contributed by atoms with Crippen LogP contribution in [0.1, 0.15) is 20.3 Å². The number of hydrogen-bond donors (Lipinski definition) is 1. The lowest BCUT2D eigenvalue weighted by molar-refractivity contribution is -0.140. The van der Waals surface area contributed by atoms with Crippen LogP contribution >= 0.6 is 12.6 Å². The molecule has 68 valence electrons. The number of thiol groups is 1. The Morgan fingerprint density at radius 3 is 2.58 bits per heavy atom. The van der Waals surface area contributed by atoms with Crippen LogP contribution in [0.2, 0.25) is 0 Å². The largest absolute Gasteiger partial charge is 0.468 e. The molecule has 0 saturated heterocycles. The van der Waals surface area contributed by atoms with Gasteiger partial charge in [-0.1, -0.05) is 0 Å². The fourth-order valence-electron chi connectivity index (χ4n) is 0.738. The van der Waals surface area contributed by atoms with E-state index in [-0.39, 0.29) is 5.97 Å². The third kappa shape index (κ3) is 3.63. The molecule has 0 amide bonds. The van der Waals surface area contributed by atoms with Crippen LogP contribution in [0.4, 0.5) is 0 Å². The predicted molar refractivity (Wildman–Crippen MR) is 50.1 cm³/mol. The first-order valence-electron chi connectivity index (χ1n) is 3.57. The molecule has 0 spiro atoms. The third-order valence-corrected chi connectivity index (χ3v) is 1.86. The molecule has 0 N–H and O–H groups in total. The molecule has 0 radical (unpaired) electrons. The van der Waals surface area contributed by atoms with Gasteiger partial charge in [0.25, 0.3) is 0 Å². The van der Waals surface area contributed by atoms with Crippen LogP contribution in [-0.4, -0.2) is 23.9 Å². The summed E-state index contributed by atoms with van der Waals surface area (Å²) >= 11 is 4.03. The van der Waals surface area contributed by atoms with Crippen molar-refractivity contribution in [3.05, 3.63) is 11.4 Å². The molecule has 1 unspecified atom stereocenters. The summed E-state index contributed by atoms with van der Waals surface area (Å²) in [6.07, 6.45) is 0.409. The van der Waals surface area contributed by atoms with Crippen LogP contribution in [-0.2, 0) is 9.53 Å². The molecule has 0 aromatic rings. The SMILES string of the molecule is [C-]#[N+]C(C)(C)CC(S)C(=O)OC. The Morgan fingerprint density at radius 1 is 1.75 bits per heavy atom. The van der Waals surface area contributed by atoms with Crippen molar-refractivity contribution in [2.75, 3.05) is 7.11 Å². The molecule has 0 aromatic heterocycles. The van der Waals surface area contributed by atoms with Crippen molar-refractivity contribution in [1.82, 2.24) is 0 Å². The highest BCUT2D eigenvalue weighted by molar-refractivity contribution is 7.81. The van der Waals surface area contributed by atoms with Gasteiger partial charge in [-0.25, -0.2) is 6.57 Å². The molecule has 0 heterocycles. The molecular weight excluding hydrogens is 174 g/mol. The minimum atomic E-state index is -0.541. The van der Waals surface area contributed by atoms with Crippen molar-refractivity contribution in [3.63, 3.8) is 0 Å². The zero-order chi connectivity index (χ0) is 9.78. The second-order valence-corrected chi connectivity index (χ2v) is 3.79. The van der Waals surface area contributed by atoms with E-state index in [1.54, 1.807) is 13.8 Å². The Balaban J connectivity index is 4.11. The van der Waals surface area contributed by atoms with Gasteiger partial charge in [0.2, 0.25) is 5.54 Å². The lowest BCUT2D eigenvalue weighted by Crippen LogP contribution is -2.26. The number of carbonyl (C=O) groups excluding carboxylic acids is 1. The summed E-state index contributed by atoms with van der Waals surface area (Å²) in [5.41, 5.74) is -0.541. The minimum Gasteiger partial charge on any atom is -0.468 e. The first kappa shape index (κ1) is 11.3. The van der Waals surface area contributed by atoms with Crippen molar-refractivity contribution in [2.24, 2.45) is 0 Å². The molecule has 0 aliphatic rings. The topological polar surface area (TPSA) is 30.7 Å². The predicted octanol–water partition coefficient (Wildman–Crippen LogP) is 1.55.